The van der Waals surface area contributed by atoms with Gasteiger partial charge in [-0.2, -0.15) is 13.2 Å². The zero-order valence-electron chi connectivity index (χ0n) is 19.1. The van der Waals surface area contributed by atoms with Crippen LogP contribution in [0.2, 0.25) is 0 Å². The lowest BCUT2D eigenvalue weighted by Gasteiger charge is -2.28. The number of imide groups is 1. The number of nitrogens with zero attached hydrogens (tertiary/aromatic N) is 1. The summed E-state index contributed by atoms with van der Waals surface area (Å²) in [5, 5.41) is 10.4. The van der Waals surface area contributed by atoms with Crippen molar-refractivity contribution in [1.82, 2.24) is 10.2 Å². The van der Waals surface area contributed by atoms with E-state index in [1.54, 1.807) is 25.6 Å². The molecule has 2 aliphatic rings. The van der Waals surface area contributed by atoms with Gasteiger partial charge in [-0.3, -0.25) is 24.6 Å². The van der Waals surface area contributed by atoms with Gasteiger partial charge in [0.05, 0.1) is 18.9 Å². The first kappa shape index (κ1) is 27.6. The summed E-state index contributed by atoms with van der Waals surface area (Å²) >= 11 is 1.78. The Balaban J connectivity index is 0.000000509. The van der Waals surface area contributed by atoms with Gasteiger partial charge in [-0.05, 0) is 43.7 Å². The maximum Gasteiger partial charge on any atom is 0.490 e. The molecule has 3 unspecified atom stereocenters. The van der Waals surface area contributed by atoms with Gasteiger partial charge in [-0.1, -0.05) is 19.1 Å². The molecule has 0 bridgehead atoms. The van der Waals surface area contributed by atoms with E-state index in [0.29, 0.717) is 6.54 Å². The fraction of sp³-hybridized carbons (Fsp3) is 0.545. The van der Waals surface area contributed by atoms with Gasteiger partial charge in [0.25, 0.3) is 0 Å². The predicted molar refractivity (Wildman–Crippen MR) is 117 cm³/mol. The van der Waals surface area contributed by atoms with Gasteiger partial charge in [0.1, 0.15) is 5.54 Å². The van der Waals surface area contributed by atoms with Crippen molar-refractivity contribution in [2.45, 2.75) is 49.8 Å². The van der Waals surface area contributed by atoms with E-state index in [9.17, 15) is 27.6 Å². The number of ether oxygens (including phenoxy) is 1. The van der Waals surface area contributed by atoms with Crippen molar-refractivity contribution in [3.63, 3.8) is 0 Å². The number of carboxylic acids is 1. The molecule has 2 N–H and O–H groups in total. The summed E-state index contributed by atoms with van der Waals surface area (Å²) in [6, 6.07) is 7.60. The average Bonchev–Trinajstić information content (AvgIpc) is 3.24. The van der Waals surface area contributed by atoms with E-state index in [1.165, 1.54) is 12.0 Å². The van der Waals surface area contributed by atoms with Crippen LogP contribution in [0.3, 0.4) is 0 Å². The van der Waals surface area contributed by atoms with E-state index >= 15 is 0 Å². The molecule has 2 amide bonds. The third-order valence-corrected chi connectivity index (χ3v) is 6.98. The molecule has 0 aromatic heterocycles. The first-order valence-electron chi connectivity index (χ1n) is 10.6. The van der Waals surface area contributed by atoms with Crippen molar-refractivity contribution in [1.29, 1.82) is 0 Å². The monoisotopic (exact) mass is 504 g/mol. The molecule has 0 radical (unpaired) electrons. The zero-order valence-corrected chi connectivity index (χ0v) is 20.0. The Bertz CT molecular complexity index is 940. The molecule has 8 nitrogen and oxygen atoms in total. The van der Waals surface area contributed by atoms with Crippen LogP contribution in [0, 0.1) is 11.8 Å². The fourth-order valence-electron chi connectivity index (χ4n) is 4.19. The van der Waals surface area contributed by atoms with Gasteiger partial charge >= 0.3 is 18.1 Å². The van der Waals surface area contributed by atoms with E-state index in [4.69, 9.17) is 14.6 Å². The Morgan fingerprint density at radius 1 is 1.18 bits per heavy atom. The number of alkyl halides is 3. The number of likely N-dealkylation sites (tertiary alicyclic amines) is 1. The number of hydrogen-bond donors (Lipinski definition) is 2. The number of carboxylic acid groups (broad SMARTS) is 1. The molecule has 1 aromatic carbocycles. The van der Waals surface area contributed by atoms with E-state index in [2.05, 4.69) is 12.2 Å². The number of rotatable bonds is 6. The Hall–Kier alpha value is -2.60. The number of esters is 1. The minimum atomic E-state index is -5.08. The van der Waals surface area contributed by atoms with Crippen molar-refractivity contribution in [3.05, 3.63) is 29.8 Å². The summed E-state index contributed by atoms with van der Waals surface area (Å²) in [6.45, 7) is 5.88. The van der Waals surface area contributed by atoms with Crippen LogP contribution < -0.4 is 5.32 Å². The number of amides is 2. The lowest BCUT2D eigenvalue weighted by molar-refractivity contribution is -0.192. The predicted octanol–water partition coefficient (Wildman–Crippen LogP) is 3.02. The Labute approximate surface area is 199 Å². The molecule has 12 heteroatoms. The van der Waals surface area contributed by atoms with Gasteiger partial charge < -0.3 is 9.84 Å². The summed E-state index contributed by atoms with van der Waals surface area (Å²) in [4.78, 5) is 49.6. The van der Waals surface area contributed by atoms with Gasteiger partial charge in [0.15, 0.2) is 0 Å². The number of halogens is 3. The van der Waals surface area contributed by atoms with Gasteiger partial charge in [0, 0.05) is 17.5 Å². The van der Waals surface area contributed by atoms with Crippen molar-refractivity contribution >= 4 is 35.5 Å². The molecule has 1 aromatic rings. The molecule has 4 atom stereocenters. The SMILES string of the molecule is CCCSc1ccc(C2N[C@@](C)(C(=O)OC)C3C(=O)N(CC)C(=O)C23)cc1.O=C(O)C(F)(F)F. The smallest absolute Gasteiger partial charge is 0.475 e. The van der Waals surface area contributed by atoms with Crippen LogP contribution >= 0.6 is 11.8 Å². The highest BCUT2D eigenvalue weighted by Gasteiger charge is 2.66. The Morgan fingerprint density at radius 2 is 1.74 bits per heavy atom. The molecule has 2 heterocycles. The second-order valence-electron chi connectivity index (χ2n) is 7.96. The first-order valence-corrected chi connectivity index (χ1v) is 11.6. The summed E-state index contributed by atoms with van der Waals surface area (Å²) in [6.07, 6.45) is -3.98. The van der Waals surface area contributed by atoms with Crippen LogP contribution in [-0.2, 0) is 23.9 Å². The molecule has 2 aliphatic heterocycles. The van der Waals surface area contributed by atoms with E-state index in [-0.39, 0.29) is 11.8 Å². The molecule has 2 saturated heterocycles. The van der Waals surface area contributed by atoms with Crippen LogP contribution in [0.5, 0.6) is 0 Å². The van der Waals surface area contributed by atoms with Crippen molar-refractivity contribution in [2.75, 3.05) is 19.4 Å². The molecule has 0 spiro atoms. The highest BCUT2D eigenvalue weighted by atomic mass is 32.2. The van der Waals surface area contributed by atoms with Crippen LogP contribution in [0.4, 0.5) is 13.2 Å². The number of carbonyl (C=O) groups is 4. The number of thioether (sulfide) groups is 1. The maximum absolute atomic E-state index is 12.9. The Morgan fingerprint density at radius 3 is 2.18 bits per heavy atom. The second kappa shape index (κ2) is 10.8. The highest BCUT2D eigenvalue weighted by Crippen LogP contribution is 2.49. The third kappa shape index (κ3) is 5.38. The molecule has 0 saturated carbocycles. The summed E-state index contributed by atoms with van der Waals surface area (Å²) < 4.78 is 36.7. The van der Waals surface area contributed by atoms with Crippen molar-refractivity contribution in [2.24, 2.45) is 11.8 Å². The highest BCUT2D eigenvalue weighted by molar-refractivity contribution is 7.99. The quantitative estimate of drug-likeness (QED) is 0.345. The molecule has 34 heavy (non-hydrogen) atoms. The Kier molecular flexibility index (Phi) is 8.75. The van der Waals surface area contributed by atoms with Crippen molar-refractivity contribution < 1.29 is 42.2 Å². The third-order valence-electron chi connectivity index (χ3n) is 5.76. The van der Waals surface area contributed by atoms with Crippen LogP contribution in [0.25, 0.3) is 0 Å². The van der Waals surface area contributed by atoms with Crippen LogP contribution in [0.15, 0.2) is 29.2 Å². The van der Waals surface area contributed by atoms with Crippen LogP contribution in [-0.4, -0.2) is 64.9 Å². The summed E-state index contributed by atoms with van der Waals surface area (Å²) in [7, 11) is 1.30. The zero-order chi connectivity index (χ0) is 25.8. The molecular weight excluding hydrogens is 477 g/mol. The molecule has 2 fully saturated rings. The van der Waals surface area contributed by atoms with E-state index < -0.39 is 41.5 Å². The summed E-state index contributed by atoms with van der Waals surface area (Å²) in [5.74, 6) is -4.11. The number of benzene rings is 1. The van der Waals surface area contributed by atoms with E-state index in [0.717, 1.165) is 22.6 Å². The average molecular weight is 505 g/mol. The second-order valence-corrected chi connectivity index (χ2v) is 9.13. The lowest BCUT2D eigenvalue weighted by Crippen LogP contribution is -2.53. The molecule has 3 rings (SSSR count). The molecular formula is C22H27F3N2O6S. The number of fused-ring (bicyclic) bond motifs is 1. The number of hydrogen-bond acceptors (Lipinski definition) is 7. The number of methoxy groups -OCH3 is 1. The van der Waals surface area contributed by atoms with Gasteiger partial charge in [-0.25, -0.2) is 4.79 Å². The number of aliphatic carboxylic acids is 1. The minimum absolute atomic E-state index is 0.220. The largest absolute Gasteiger partial charge is 0.490 e. The first-order chi connectivity index (χ1) is 15.8. The number of carbonyl (C=O) groups excluding carboxylic acids is 3. The minimum Gasteiger partial charge on any atom is -0.475 e. The number of nitrogens with one attached hydrogen (secondary N) is 1. The summed E-state index contributed by atoms with van der Waals surface area (Å²) in [5.41, 5.74) is -0.325. The standard InChI is InChI=1S/C20H26N2O4S.C2HF3O2/c1-5-11-27-13-9-7-12(8-10-13)16-14-15(18(24)22(6-2)17(14)23)20(3,21-16)19(25)26-4;3-2(4,5)1(6)7/h7-10,14-16,21H,5-6,11H2,1-4H3;(H,6,7)/t14?,15?,16?,20-;/m1./s1. The lowest BCUT2D eigenvalue weighted by atomic mass is 9.80. The topological polar surface area (TPSA) is 113 Å². The molecule has 188 valence electrons. The van der Waals surface area contributed by atoms with E-state index in [1.807, 2.05) is 24.3 Å². The van der Waals surface area contributed by atoms with Crippen LogP contribution in [0.1, 0.15) is 38.8 Å². The van der Waals surface area contributed by atoms with Gasteiger partial charge in [-0.15, -0.1) is 11.8 Å². The maximum atomic E-state index is 12.9. The van der Waals surface area contributed by atoms with Gasteiger partial charge in [0.2, 0.25) is 11.8 Å². The normalized spacial score (nSPS) is 26.1. The fourth-order valence-corrected chi connectivity index (χ4v) is 4.96. The van der Waals surface area contributed by atoms with Crippen molar-refractivity contribution in [3.8, 4) is 0 Å². The molecule has 0 aliphatic carbocycles.